The molecule has 0 radical (unpaired) electrons. The predicted octanol–water partition coefficient (Wildman–Crippen LogP) is 3.94. The number of nitrogens with one attached hydrogen (secondary N) is 1. The summed E-state index contributed by atoms with van der Waals surface area (Å²) in [5, 5.41) is 0.139. The third kappa shape index (κ3) is 3.02. The van der Waals surface area contributed by atoms with Crippen molar-refractivity contribution in [3.63, 3.8) is 0 Å². The number of nitrogens with two attached hydrogens (primary N) is 1. The first kappa shape index (κ1) is 13.8. The van der Waals surface area contributed by atoms with Gasteiger partial charge in [0.1, 0.15) is 5.82 Å². The van der Waals surface area contributed by atoms with Gasteiger partial charge in [-0.05, 0) is 30.2 Å². The van der Waals surface area contributed by atoms with Crippen molar-refractivity contribution in [3.8, 4) is 0 Å². The van der Waals surface area contributed by atoms with Crippen LogP contribution in [-0.2, 0) is 6.42 Å². The van der Waals surface area contributed by atoms with Crippen LogP contribution in [0.1, 0.15) is 16.5 Å². The highest BCUT2D eigenvalue weighted by atomic mass is 35.5. The summed E-state index contributed by atoms with van der Waals surface area (Å²) in [5.41, 5.74) is 3.41. The number of hydrogen-bond donors (Lipinski definition) is 2. The van der Waals surface area contributed by atoms with Crippen LogP contribution in [0.4, 0.5) is 4.39 Å². The van der Waals surface area contributed by atoms with E-state index >= 15 is 0 Å². The molecular weight excluding hydrogens is 294 g/mol. The molecule has 2 rings (SSSR count). The molecule has 0 aliphatic rings. The summed E-state index contributed by atoms with van der Waals surface area (Å²) >= 11 is 13.2. The molecule has 96 valence electrons. The molecule has 6 heteroatoms. The lowest BCUT2D eigenvalue weighted by molar-refractivity contribution is 0.557. The topological polar surface area (TPSA) is 38.0 Å². The fourth-order valence-corrected chi connectivity index (χ4v) is 3.01. The summed E-state index contributed by atoms with van der Waals surface area (Å²) in [4.78, 5) is 0.989. The summed E-state index contributed by atoms with van der Waals surface area (Å²) in [7, 11) is 0. The Bertz CT molecular complexity index is 545. The first-order valence-corrected chi connectivity index (χ1v) is 6.83. The Morgan fingerprint density at radius 2 is 2.06 bits per heavy atom. The van der Waals surface area contributed by atoms with Gasteiger partial charge in [-0.15, -0.1) is 11.3 Å². The lowest BCUT2D eigenvalue weighted by Crippen LogP contribution is -2.29. The lowest BCUT2D eigenvalue weighted by atomic mass is 10.0. The van der Waals surface area contributed by atoms with Gasteiger partial charge in [-0.3, -0.25) is 11.3 Å². The van der Waals surface area contributed by atoms with Crippen molar-refractivity contribution in [2.24, 2.45) is 5.84 Å². The molecule has 0 aliphatic heterocycles. The van der Waals surface area contributed by atoms with Crippen molar-refractivity contribution in [2.75, 3.05) is 0 Å². The maximum absolute atomic E-state index is 13.3. The zero-order chi connectivity index (χ0) is 13.1. The van der Waals surface area contributed by atoms with Crippen molar-refractivity contribution in [3.05, 3.63) is 55.9 Å². The van der Waals surface area contributed by atoms with E-state index in [9.17, 15) is 4.39 Å². The Balaban J connectivity index is 2.23. The Kier molecular flexibility index (Phi) is 4.59. The van der Waals surface area contributed by atoms with Gasteiger partial charge in [0.2, 0.25) is 0 Å². The molecule has 0 amide bonds. The molecule has 2 aromatic rings. The molecule has 1 aromatic heterocycles. The number of halogens is 3. The van der Waals surface area contributed by atoms with Crippen LogP contribution in [0.3, 0.4) is 0 Å². The van der Waals surface area contributed by atoms with Crippen LogP contribution in [0.2, 0.25) is 9.36 Å². The van der Waals surface area contributed by atoms with Crippen LogP contribution in [-0.4, -0.2) is 0 Å². The largest absolute Gasteiger partial charge is 0.271 e. The summed E-state index contributed by atoms with van der Waals surface area (Å²) in [6, 6.07) is 8.31. The van der Waals surface area contributed by atoms with Crippen LogP contribution in [0.5, 0.6) is 0 Å². The smallest absolute Gasteiger partial charge is 0.142 e. The molecular formula is C12H11Cl2FN2S. The van der Waals surface area contributed by atoms with Crippen molar-refractivity contribution >= 4 is 34.5 Å². The standard InChI is InChI=1S/C12H11Cl2FN2S/c13-11-5-4-10(18-11)9(17-16)6-7-2-1-3-8(15)12(7)14/h1-5,9,17H,6,16H2. The second kappa shape index (κ2) is 5.99. The van der Waals surface area contributed by atoms with Crippen LogP contribution < -0.4 is 11.3 Å². The van der Waals surface area contributed by atoms with E-state index < -0.39 is 5.82 Å². The van der Waals surface area contributed by atoms with E-state index in [4.69, 9.17) is 29.0 Å². The van der Waals surface area contributed by atoms with Gasteiger partial charge in [-0.2, -0.15) is 0 Å². The molecule has 1 unspecified atom stereocenters. The minimum Gasteiger partial charge on any atom is -0.271 e. The molecule has 18 heavy (non-hydrogen) atoms. The number of hydrogen-bond acceptors (Lipinski definition) is 3. The molecule has 0 aliphatic carbocycles. The Hall–Kier alpha value is -0.650. The van der Waals surface area contributed by atoms with E-state index in [-0.39, 0.29) is 11.1 Å². The average molecular weight is 305 g/mol. The first-order valence-electron chi connectivity index (χ1n) is 5.26. The van der Waals surface area contributed by atoms with Crippen LogP contribution in [0.15, 0.2) is 30.3 Å². The molecule has 2 nitrogen and oxygen atoms in total. The van der Waals surface area contributed by atoms with Crippen LogP contribution in [0, 0.1) is 5.82 Å². The molecule has 1 aromatic carbocycles. The molecule has 0 fully saturated rings. The summed E-state index contributed by atoms with van der Waals surface area (Å²) < 4.78 is 14.0. The SMILES string of the molecule is NNC(Cc1cccc(F)c1Cl)c1ccc(Cl)s1. The van der Waals surface area contributed by atoms with Crippen molar-refractivity contribution in [2.45, 2.75) is 12.5 Å². The zero-order valence-corrected chi connectivity index (χ0v) is 11.6. The van der Waals surface area contributed by atoms with Gasteiger partial charge in [0, 0.05) is 4.88 Å². The van der Waals surface area contributed by atoms with E-state index in [0.29, 0.717) is 16.3 Å². The fourth-order valence-electron chi connectivity index (χ4n) is 1.68. The van der Waals surface area contributed by atoms with Crippen LogP contribution >= 0.6 is 34.5 Å². The zero-order valence-electron chi connectivity index (χ0n) is 9.29. The van der Waals surface area contributed by atoms with Gasteiger partial charge in [0.15, 0.2) is 0 Å². The van der Waals surface area contributed by atoms with Gasteiger partial charge < -0.3 is 0 Å². The van der Waals surface area contributed by atoms with Crippen molar-refractivity contribution < 1.29 is 4.39 Å². The van der Waals surface area contributed by atoms with Gasteiger partial charge in [0.05, 0.1) is 15.4 Å². The Morgan fingerprint density at radius 3 is 2.67 bits per heavy atom. The fraction of sp³-hybridized carbons (Fsp3) is 0.167. The number of thiophene rings is 1. The third-order valence-corrected chi connectivity index (χ3v) is 4.36. The maximum atomic E-state index is 13.3. The molecule has 0 spiro atoms. The van der Waals surface area contributed by atoms with Crippen LogP contribution in [0.25, 0.3) is 0 Å². The van der Waals surface area contributed by atoms with E-state index in [1.165, 1.54) is 17.4 Å². The maximum Gasteiger partial charge on any atom is 0.142 e. The third-order valence-electron chi connectivity index (χ3n) is 2.59. The van der Waals surface area contributed by atoms with E-state index in [1.54, 1.807) is 18.2 Å². The summed E-state index contributed by atoms with van der Waals surface area (Å²) in [6.07, 6.45) is 0.504. The number of rotatable bonds is 4. The van der Waals surface area contributed by atoms with Crippen molar-refractivity contribution in [1.82, 2.24) is 5.43 Å². The minimum absolute atomic E-state index is 0.137. The lowest BCUT2D eigenvalue weighted by Gasteiger charge is -2.15. The Morgan fingerprint density at radius 1 is 1.28 bits per heavy atom. The van der Waals surface area contributed by atoms with Gasteiger partial charge in [-0.25, -0.2) is 4.39 Å². The van der Waals surface area contributed by atoms with E-state index in [1.807, 2.05) is 6.07 Å². The molecule has 1 atom stereocenters. The Labute approximate surface area is 118 Å². The first-order chi connectivity index (χ1) is 8.61. The summed E-state index contributed by atoms with van der Waals surface area (Å²) in [5.74, 6) is 5.10. The molecule has 0 saturated carbocycles. The minimum atomic E-state index is -0.422. The van der Waals surface area contributed by atoms with Gasteiger partial charge in [0.25, 0.3) is 0 Å². The van der Waals surface area contributed by atoms with E-state index in [2.05, 4.69) is 5.43 Å². The molecule has 3 N–H and O–H groups in total. The second-order valence-corrected chi connectivity index (χ2v) is 5.90. The molecule has 0 saturated heterocycles. The molecule has 0 bridgehead atoms. The van der Waals surface area contributed by atoms with Crippen molar-refractivity contribution in [1.29, 1.82) is 0 Å². The quantitative estimate of drug-likeness (QED) is 0.663. The highest BCUT2D eigenvalue weighted by Gasteiger charge is 2.15. The highest BCUT2D eigenvalue weighted by molar-refractivity contribution is 7.16. The summed E-state index contributed by atoms with van der Waals surface area (Å²) in [6.45, 7) is 0. The monoisotopic (exact) mass is 304 g/mol. The number of benzene rings is 1. The van der Waals surface area contributed by atoms with E-state index in [0.717, 1.165) is 4.88 Å². The van der Waals surface area contributed by atoms with Gasteiger partial charge >= 0.3 is 0 Å². The van der Waals surface area contributed by atoms with Gasteiger partial charge in [-0.1, -0.05) is 35.3 Å². The molecule has 1 heterocycles. The second-order valence-electron chi connectivity index (χ2n) is 3.78. The predicted molar refractivity (Wildman–Crippen MR) is 74.5 cm³/mol. The highest BCUT2D eigenvalue weighted by Crippen LogP contribution is 2.30. The number of hydrazine groups is 1. The average Bonchev–Trinajstić information content (AvgIpc) is 2.78. The normalized spacial score (nSPS) is 12.7.